The van der Waals surface area contributed by atoms with E-state index in [0.29, 0.717) is 17.9 Å². The van der Waals surface area contributed by atoms with Gasteiger partial charge in [-0.05, 0) is 30.0 Å². The minimum Gasteiger partial charge on any atom is -0.465 e. The van der Waals surface area contributed by atoms with Gasteiger partial charge < -0.3 is 14.1 Å². The van der Waals surface area contributed by atoms with Gasteiger partial charge in [0.25, 0.3) is 5.91 Å². The van der Waals surface area contributed by atoms with Gasteiger partial charge in [0.15, 0.2) is 5.76 Å². The van der Waals surface area contributed by atoms with Crippen LogP contribution in [0.15, 0.2) is 65.1 Å². The molecule has 0 spiro atoms. The summed E-state index contributed by atoms with van der Waals surface area (Å²) in [5, 5.41) is 3.02. The van der Waals surface area contributed by atoms with Gasteiger partial charge in [-0.1, -0.05) is 48.5 Å². The molecular formula is C24H21NO4. The van der Waals surface area contributed by atoms with Crippen molar-refractivity contribution in [3.8, 4) is 0 Å². The Morgan fingerprint density at radius 2 is 1.69 bits per heavy atom. The van der Waals surface area contributed by atoms with Crippen molar-refractivity contribution in [2.24, 2.45) is 0 Å². The molecule has 0 radical (unpaired) electrons. The topological polar surface area (TPSA) is 59.8 Å². The van der Waals surface area contributed by atoms with Crippen molar-refractivity contribution < 1.29 is 18.7 Å². The molecule has 0 N–H and O–H groups in total. The molecule has 0 aliphatic carbocycles. The lowest BCUT2D eigenvalue weighted by molar-refractivity contribution is 0.0600. The molecule has 1 heterocycles. The van der Waals surface area contributed by atoms with Crippen LogP contribution in [-0.4, -0.2) is 30.9 Å². The zero-order chi connectivity index (χ0) is 20.5. The molecule has 1 aromatic heterocycles. The van der Waals surface area contributed by atoms with E-state index in [2.05, 4.69) is 0 Å². The maximum absolute atomic E-state index is 13.1. The summed E-state index contributed by atoms with van der Waals surface area (Å²) in [6, 6.07) is 19.0. The lowest BCUT2D eigenvalue weighted by Crippen LogP contribution is -2.26. The maximum atomic E-state index is 13.1. The van der Waals surface area contributed by atoms with Crippen LogP contribution < -0.4 is 0 Å². The maximum Gasteiger partial charge on any atom is 0.337 e. The molecule has 0 unspecified atom stereocenters. The van der Waals surface area contributed by atoms with E-state index in [-0.39, 0.29) is 11.9 Å². The van der Waals surface area contributed by atoms with Crippen LogP contribution in [0.4, 0.5) is 0 Å². The number of rotatable bonds is 4. The number of aryl methyl sites for hydroxylation is 1. The van der Waals surface area contributed by atoms with Crippen LogP contribution >= 0.6 is 0 Å². The fourth-order valence-electron chi connectivity index (χ4n) is 3.54. The summed E-state index contributed by atoms with van der Waals surface area (Å²) in [5.41, 5.74) is 2.96. The first-order valence-corrected chi connectivity index (χ1v) is 9.33. The van der Waals surface area contributed by atoms with Crippen molar-refractivity contribution in [1.82, 2.24) is 4.90 Å². The predicted octanol–water partition coefficient (Wildman–Crippen LogP) is 4.95. The van der Waals surface area contributed by atoms with Crippen molar-refractivity contribution in [3.05, 3.63) is 83.1 Å². The Labute approximate surface area is 168 Å². The molecule has 0 fully saturated rings. The standard InChI is InChI=1S/C24H21NO4/c1-15-19-13-12-17-6-4-5-7-20(17)22(19)29-21(15)23(26)25(2)14-16-8-10-18(11-9-16)24(27)28-3/h4-13H,14H2,1-3H3. The lowest BCUT2D eigenvalue weighted by atomic mass is 10.1. The summed E-state index contributed by atoms with van der Waals surface area (Å²) in [6.45, 7) is 2.31. The van der Waals surface area contributed by atoms with E-state index in [1.807, 2.05) is 55.5 Å². The first-order valence-electron chi connectivity index (χ1n) is 9.33. The van der Waals surface area contributed by atoms with Gasteiger partial charge in [-0.25, -0.2) is 4.79 Å². The second-order valence-corrected chi connectivity index (χ2v) is 7.07. The SMILES string of the molecule is COC(=O)c1ccc(CN(C)C(=O)c2oc3c(ccc4ccccc43)c2C)cc1. The number of esters is 1. The van der Waals surface area contributed by atoms with Gasteiger partial charge in [-0.3, -0.25) is 4.79 Å². The van der Waals surface area contributed by atoms with E-state index in [1.165, 1.54) is 7.11 Å². The zero-order valence-corrected chi connectivity index (χ0v) is 16.6. The molecule has 4 aromatic rings. The average Bonchev–Trinajstić information content (AvgIpc) is 3.10. The fraction of sp³-hybridized carbons (Fsp3) is 0.167. The van der Waals surface area contributed by atoms with Crippen molar-refractivity contribution >= 4 is 33.6 Å². The smallest absolute Gasteiger partial charge is 0.337 e. The monoisotopic (exact) mass is 387 g/mol. The number of furan rings is 1. The van der Waals surface area contributed by atoms with Crippen LogP contribution in [0.1, 0.15) is 32.0 Å². The first-order chi connectivity index (χ1) is 14.0. The molecule has 0 saturated carbocycles. The number of fused-ring (bicyclic) bond motifs is 3. The van der Waals surface area contributed by atoms with E-state index >= 15 is 0 Å². The summed E-state index contributed by atoms with van der Waals surface area (Å²) in [4.78, 5) is 26.2. The van der Waals surface area contributed by atoms with E-state index in [0.717, 1.165) is 32.9 Å². The zero-order valence-electron chi connectivity index (χ0n) is 16.6. The van der Waals surface area contributed by atoms with E-state index in [4.69, 9.17) is 9.15 Å². The third-order valence-corrected chi connectivity index (χ3v) is 5.16. The quantitative estimate of drug-likeness (QED) is 0.465. The summed E-state index contributed by atoms with van der Waals surface area (Å²) >= 11 is 0. The highest BCUT2D eigenvalue weighted by Crippen LogP contribution is 2.32. The van der Waals surface area contributed by atoms with Crippen LogP contribution in [0.5, 0.6) is 0 Å². The summed E-state index contributed by atoms with van der Waals surface area (Å²) in [7, 11) is 3.09. The average molecular weight is 387 g/mol. The largest absolute Gasteiger partial charge is 0.465 e. The summed E-state index contributed by atoms with van der Waals surface area (Å²) < 4.78 is 10.8. The van der Waals surface area contributed by atoms with Gasteiger partial charge in [0.2, 0.25) is 0 Å². The van der Waals surface area contributed by atoms with Gasteiger partial charge in [0, 0.05) is 29.9 Å². The molecule has 4 rings (SSSR count). The van der Waals surface area contributed by atoms with Gasteiger partial charge in [-0.15, -0.1) is 0 Å². The number of benzene rings is 3. The van der Waals surface area contributed by atoms with Crippen LogP contribution in [0.2, 0.25) is 0 Å². The third-order valence-electron chi connectivity index (χ3n) is 5.16. The van der Waals surface area contributed by atoms with E-state index in [1.54, 1.807) is 24.1 Å². The number of hydrogen-bond donors (Lipinski definition) is 0. The minimum atomic E-state index is -0.383. The second kappa shape index (κ2) is 7.43. The van der Waals surface area contributed by atoms with Crippen molar-refractivity contribution in [2.45, 2.75) is 13.5 Å². The van der Waals surface area contributed by atoms with Crippen molar-refractivity contribution in [2.75, 3.05) is 14.2 Å². The fourth-order valence-corrected chi connectivity index (χ4v) is 3.54. The molecule has 1 amide bonds. The molecule has 5 heteroatoms. The van der Waals surface area contributed by atoms with Crippen LogP contribution in [0, 0.1) is 6.92 Å². The Kier molecular flexibility index (Phi) is 4.80. The second-order valence-electron chi connectivity index (χ2n) is 7.07. The minimum absolute atomic E-state index is 0.181. The normalized spacial score (nSPS) is 11.0. The number of amides is 1. The molecule has 0 aliphatic rings. The number of carbonyl (C=O) groups excluding carboxylic acids is 2. The molecule has 29 heavy (non-hydrogen) atoms. The van der Waals surface area contributed by atoms with E-state index < -0.39 is 0 Å². The Balaban J connectivity index is 1.62. The Morgan fingerprint density at radius 3 is 2.41 bits per heavy atom. The Morgan fingerprint density at radius 1 is 0.966 bits per heavy atom. The lowest BCUT2D eigenvalue weighted by Gasteiger charge is -2.16. The highest BCUT2D eigenvalue weighted by atomic mass is 16.5. The van der Waals surface area contributed by atoms with Gasteiger partial charge >= 0.3 is 5.97 Å². The first kappa shape index (κ1) is 18.7. The molecule has 0 aliphatic heterocycles. The van der Waals surface area contributed by atoms with Crippen LogP contribution in [0.25, 0.3) is 21.7 Å². The van der Waals surface area contributed by atoms with Gasteiger partial charge in [0.05, 0.1) is 12.7 Å². The van der Waals surface area contributed by atoms with Gasteiger partial charge in [-0.2, -0.15) is 0 Å². The summed E-state index contributed by atoms with van der Waals surface area (Å²) in [5.74, 6) is -0.212. The number of nitrogens with zero attached hydrogens (tertiary/aromatic N) is 1. The van der Waals surface area contributed by atoms with Crippen molar-refractivity contribution in [1.29, 1.82) is 0 Å². The Hall–Kier alpha value is -3.60. The molecule has 0 bridgehead atoms. The van der Waals surface area contributed by atoms with Crippen LogP contribution in [-0.2, 0) is 11.3 Å². The molecule has 146 valence electrons. The molecule has 3 aromatic carbocycles. The number of hydrogen-bond acceptors (Lipinski definition) is 4. The molecule has 0 atom stereocenters. The van der Waals surface area contributed by atoms with E-state index in [9.17, 15) is 9.59 Å². The van der Waals surface area contributed by atoms with Crippen molar-refractivity contribution in [3.63, 3.8) is 0 Å². The third kappa shape index (κ3) is 3.36. The number of methoxy groups -OCH3 is 1. The predicted molar refractivity (Wildman–Crippen MR) is 112 cm³/mol. The number of carbonyl (C=O) groups is 2. The molecule has 5 nitrogen and oxygen atoms in total. The van der Waals surface area contributed by atoms with Gasteiger partial charge in [0.1, 0.15) is 5.58 Å². The Bertz CT molecular complexity index is 1220. The summed E-state index contributed by atoms with van der Waals surface area (Å²) in [6.07, 6.45) is 0. The highest BCUT2D eigenvalue weighted by Gasteiger charge is 2.22. The molecule has 0 saturated heterocycles. The highest BCUT2D eigenvalue weighted by molar-refractivity contribution is 6.08. The number of ether oxygens (including phenoxy) is 1. The molecular weight excluding hydrogens is 366 g/mol. The van der Waals surface area contributed by atoms with Crippen LogP contribution in [0.3, 0.4) is 0 Å².